The molecule has 1 heterocycles. The molecule has 4 rings (SSSR count). The number of para-hydroxylation sites is 2. The van der Waals surface area contributed by atoms with Crippen LogP contribution in [0.25, 0.3) is 0 Å². The quantitative estimate of drug-likeness (QED) is 0.672. The van der Waals surface area contributed by atoms with E-state index in [-0.39, 0.29) is 11.9 Å². The summed E-state index contributed by atoms with van der Waals surface area (Å²) in [7, 11) is 0. The maximum atomic E-state index is 12.9. The van der Waals surface area contributed by atoms with Gasteiger partial charge >= 0.3 is 0 Å². The number of amides is 1. The average Bonchev–Trinajstić information content (AvgIpc) is 2.69. The van der Waals surface area contributed by atoms with Crippen molar-refractivity contribution in [1.29, 1.82) is 0 Å². The van der Waals surface area contributed by atoms with E-state index in [1.165, 1.54) is 10.5 Å². The zero-order valence-electron chi connectivity index (χ0n) is 14.2. The summed E-state index contributed by atoms with van der Waals surface area (Å²) in [5, 5.41) is 3.19. The van der Waals surface area contributed by atoms with Gasteiger partial charge < -0.3 is 10.1 Å². The third-order valence-corrected chi connectivity index (χ3v) is 5.49. The molecule has 1 aliphatic rings. The van der Waals surface area contributed by atoms with Gasteiger partial charge in [0.1, 0.15) is 11.5 Å². The van der Waals surface area contributed by atoms with Gasteiger partial charge in [0.15, 0.2) is 0 Å². The molecule has 0 bridgehead atoms. The molecule has 130 valence electrons. The summed E-state index contributed by atoms with van der Waals surface area (Å²) in [4.78, 5) is 14.2. The summed E-state index contributed by atoms with van der Waals surface area (Å²) in [6.45, 7) is 0. The lowest BCUT2D eigenvalue weighted by Gasteiger charge is -2.26. The molecule has 1 amide bonds. The molecule has 0 saturated heterocycles. The highest BCUT2D eigenvalue weighted by molar-refractivity contribution is 7.99. The van der Waals surface area contributed by atoms with Gasteiger partial charge in [0, 0.05) is 10.6 Å². The van der Waals surface area contributed by atoms with Crippen LogP contribution in [0.2, 0.25) is 0 Å². The van der Waals surface area contributed by atoms with Crippen molar-refractivity contribution in [3.63, 3.8) is 0 Å². The first-order valence-electron chi connectivity index (χ1n) is 8.66. The molecule has 1 N–H and O–H groups in total. The lowest BCUT2D eigenvalue weighted by molar-refractivity contribution is 0.0932. The molecule has 3 aromatic carbocycles. The molecule has 0 aromatic heterocycles. The molecule has 0 aliphatic carbocycles. The smallest absolute Gasteiger partial charge is 0.255 e. The van der Waals surface area contributed by atoms with Gasteiger partial charge in [-0.25, -0.2) is 0 Å². The predicted molar refractivity (Wildman–Crippen MR) is 105 cm³/mol. The summed E-state index contributed by atoms with van der Waals surface area (Å²) < 4.78 is 5.92. The number of benzene rings is 3. The van der Waals surface area contributed by atoms with Crippen LogP contribution in [0, 0.1) is 0 Å². The average molecular weight is 361 g/mol. The lowest BCUT2D eigenvalue weighted by atomic mass is 10.0. The van der Waals surface area contributed by atoms with Crippen LogP contribution in [0.3, 0.4) is 0 Å². The van der Waals surface area contributed by atoms with Crippen LogP contribution in [0.5, 0.6) is 11.5 Å². The van der Waals surface area contributed by atoms with Crippen molar-refractivity contribution in [1.82, 2.24) is 5.32 Å². The Morgan fingerprint density at radius 2 is 1.65 bits per heavy atom. The minimum absolute atomic E-state index is 0.0322. The van der Waals surface area contributed by atoms with Crippen molar-refractivity contribution in [2.75, 3.05) is 5.75 Å². The number of hydrogen-bond donors (Lipinski definition) is 1. The first-order valence-corrected chi connectivity index (χ1v) is 9.64. The van der Waals surface area contributed by atoms with Crippen molar-refractivity contribution in [3.8, 4) is 11.5 Å². The summed E-state index contributed by atoms with van der Waals surface area (Å²) in [5.74, 6) is 2.18. The number of nitrogens with one attached hydrogen (secondary N) is 1. The highest BCUT2D eigenvalue weighted by Crippen LogP contribution is 2.36. The molecule has 0 spiro atoms. The second-order valence-electron chi connectivity index (χ2n) is 6.11. The Labute approximate surface area is 157 Å². The van der Waals surface area contributed by atoms with Gasteiger partial charge in [-0.1, -0.05) is 48.5 Å². The Hall–Kier alpha value is -2.72. The molecule has 0 saturated carbocycles. The maximum absolute atomic E-state index is 12.9. The van der Waals surface area contributed by atoms with E-state index in [0.717, 1.165) is 12.2 Å². The van der Waals surface area contributed by atoms with E-state index in [4.69, 9.17) is 4.74 Å². The van der Waals surface area contributed by atoms with E-state index in [2.05, 4.69) is 17.4 Å². The first-order chi connectivity index (χ1) is 12.8. The maximum Gasteiger partial charge on any atom is 0.255 e. The van der Waals surface area contributed by atoms with E-state index in [1.807, 2.05) is 72.4 Å². The van der Waals surface area contributed by atoms with E-state index in [1.54, 1.807) is 6.07 Å². The topological polar surface area (TPSA) is 38.3 Å². The molecule has 26 heavy (non-hydrogen) atoms. The van der Waals surface area contributed by atoms with E-state index >= 15 is 0 Å². The van der Waals surface area contributed by atoms with Gasteiger partial charge in [0.05, 0.1) is 11.6 Å². The van der Waals surface area contributed by atoms with Crippen LogP contribution in [-0.4, -0.2) is 11.7 Å². The third-order valence-electron chi connectivity index (χ3n) is 4.37. The minimum Gasteiger partial charge on any atom is -0.457 e. The molecular formula is C22H19NO2S. The first kappa shape index (κ1) is 16.7. The second-order valence-corrected chi connectivity index (χ2v) is 7.25. The summed E-state index contributed by atoms with van der Waals surface area (Å²) in [5.41, 5.74) is 1.74. The highest BCUT2D eigenvalue weighted by Gasteiger charge is 2.23. The van der Waals surface area contributed by atoms with Crippen LogP contribution in [0.4, 0.5) is 0 Å². The third kappa shape index (κ3) is 3.60. The molecule has 1 unspecified atom stereocenters. The van der Waals surface area contributed by atoms with Crippen molar-refractivity contribution < 1.29 is 9.53 Å². The fourth-order valence-electron chi connectivity index (χ4n) is 3.09. The summed E-state index contributed by atoms with van der Waals surface area (Å²) in [6, 6.07) is 25.2. The normalized spacial score (nSPS) is 15.8. The number of fused-ring (bicyclic) bond motifs is 1. The van der Waals surface area contributed by atoms with Crippen molar-refractivity contribution in [3.05, 3.63) is 90.0 Å². The Bertz CT molecular complexity index is 911. The van der Waals surface area contributed by atoms with Gasteiger partial charge in [0.2, 0.25) is 0 Å². The van der Waals surface area contributed by atoms with Crippen molar-refractivity contribution in [2.45, 2.75) is 17.4 Å². The highest BCUT2D eigenvalue weighted by atomic mass is 32.2. The molecule has 3 aromatic rings. The molecule has 0 fully saturated rings. The molecule has 1 aliphatic heterocycles. The second kappa shape index (κ2) is 7.67. The van der Waals surface area contributed by atoms with Crippen LogP contribution in [-0.2, 0) is 0 Å². The number of ether oxygens (including phenoxy) is 1. The number of thioether (sulfide) groups is 1. The van der Waals surface area contributed by atoms with Crippen LogP contribution in [0.15, 0.2) is 83.8 Å². The van der Waals surface area contributed by atoms with Gasteiger partial charge in [-0.2, -0.15) is 0 Å². The van der Waals surface area contributed by atoms with Gasteiger partial charge in [-0.15, -0.1) is 11.8 Å². The zero-order chi connectivity index (χ0) is 17.8. The summed E-state index contributed by atoms with van der Waals surface area (Å²) in [6.07, 6.45) is 0.926. The van der Waals surface area contributed by atoms with Crippen LogP contribution >= 0.6 is 11.8 Å². The SMILES string of the molecule is O=C(NC1CCSc2ccccc21)c1ccccc1Oc1ccccc1. The fourth-order valence-corrected chi connectivity index (χ4v) is 4.21. The Kier molecular flexibility index (Phi) is 4.93. The molecule has 0 radical (unpaired) electrons. The van der Waals surface area contributed by atoms with Gasteiger partial charge in [-0.3, -0.25) is 4.79 Å². The molecule has 1 atom stereocenters. The predicted octanol–water partition coefficient (Wildman–Crippen LogP) is 5.45. The monoisotopic (exact) mass is 361 g/mol. The van der Waals surface area contributed by atoms with Crippen molar-refractivity contribution in [2.24, 2.45) is 0 Å². The minimum atomic E-state index is -0.108. The van der Waals surface area contributed by atoms with Gasteiger partial charge in [-0.05, 0) is 42.3 Å². The fraction of sp³-hybridized carbons (Fsp3) is 0.136. The van der Waals surface area contributed by atoms with E-state index < -0.39 is 0 Å². The number of hydrogen-bond acceptors (Lipinski definition) is 3. The van der Waals surface area contributed by atoms with Crippen molar-refractivity contribution >= 4 is 17.7 Å². The Morgan fingerprint density at radius 3 is 2.54 bits per heavy atom. The Balaban J connectivity index is 1.56. The number of rotatable bonds is 4. The lowest BCUT2D eigenvalue weighted by Crippen LogP contribution is -2.30. The summed E-state index contributed by atoms with van der Waals surface area (Å²) >= 11 is 1.84. The Morgan fingerprint density at radius 1 is 0.923 bits per heavy atom. The van der Waals surface area contributed by atoms with E-state index in [0.29, 0.717) is 17.1 Å². The molecular weight excluding hydrogens is 342 g/mol. The van der Waals surface area contributed by atoms with E-state index in [9.17, 15) is 4.79 Å². The van der Waals surface area contributed by atoms with Crippen LogP contribution < -0.4 is 10.1 Å². The molecule has 3 nitrogen and oxygen atoms in total. The van der Waals surface area contributed by atoms with Crippen LogP contribution in [0.1, 0.15) is 28.4 Å². The largest absolute Gasteiger partial charge is 0.457 e. The standard InChI is InChI=1S/C22H19NO2S/c24-22(23-19-14-15-26-21-13-7-5-10-17(19)21)18-11-4-6-12-20(18)25-16-8-2-1-3-9-16/h1-13,19H,14-15H2,(H,23,24). The zero-order valence-corrected chi connectivity index (χ0v) is 15.0. The number of carbonyl (C=O) groups excluding carboxylic acids is 1. The molecule has 4 heteroatoms. The van der Waals surface area contributed by atoms with Gasteiger partial charge in [0.25, 0.3) is 5.91 Å². The number of carbonyl (C=O) groups is 1.